The Labute approximate surface area is 115 Å². The van der Waals surface area contributed by atoms with Crippen LogP contribution in [-0.2, 0) is 6.18 Å². The van der Waals surface area contributed by atoms with Crippen molar-refractivity contribution >= 4 is 0 Å². The number of aromatic nitrogens is 2. The van der Waals surface area contributed by atoms with Crippen molar-refractivity contribution in [3.63, 3.8) is 0 Å². The summed E-state index contributed by atoms with van der Waals surface area (Å²) >= 11 is 0. The van der Waals surface area contributed by atoms with E-state index in [9.17, 15) is 18.4 Å². The van der Waals surface area contributed by atoms with E-state index in [4.69, 9.17) is 0 Å². The summed E-state index contributed by atoms with van der Waals surface area (Å²) in [6, 6.07) is 2.11. The molecule has 2 rings (SSSR count). The predicted octanol–water partition coefficient (Wildman–Crippen LogP) is 2.89. The highest BCUT2D eigenvalue weighted by atomic mass is 19.4. The summed E-state index contributed by atoms with van der Waals surface area (Å²) in [6.07, 6.45) is 0.249. The third-order valence-corrected chi connectivity index (χ3v) is 3.76. The zero-order chi connectivity index (χ0) is 14.8. The van der Waals surface area contributed by atoms with Gasteiger partial charge in [0.2, 0.25) is 0 Å². The maximum absolute atomic E-state index is 12.6. The van der Waals surface area contributed by atoms with Gasteiger partial charge in [-0.3, -0.25) is 10.00 Å². The molecule has 1 saturated carbocycles. The molecule has 0 aromatic carbocycles. The molecule has 0 bridgehead atoms. The fourth-order valence-corrected chi connectivity index (χ4v) is 2.80. The summed E-state index contributed by atoms with van der Waals surface area (Å²) in [7, 11) is 0. The normalized spacial score (nSPS) is 27.2. The van der Waals surface area contributed by atoms with E-state index in [-0.39, 0.29) is 6.04 Å². The first-order valence-corrected chi connectivity index (χ1v) is 6.68. The van der Waals surface area contributed by atoms with Crippen LogP contribution in [-0.4, -0.2) is 21.9 Å². The number of nitriles is 1. The Hall–Kier alpha value is -1.55. The molecule has 0 saturated heterocycles. The molecule has 7 heteroatoms. The minimum Gasteiger partial charge on any atom is -0.300 e. The van der Waals surface area contributed by atoms with Gasteiger partial charge in [0, 0.05) is 12.6 Å². The van der Waals surface area contributed by atoms with E-state index in [2.05, 4.69) is 16.5 Å². The summed E-state index contributed by atoms with van der Waals surface area (Å²) in [5.41, 5.74) is -1.39. The smallest absolute Gasteiger partial charge is 0.300 e. The Bertz CT molecular complexity index is 498. The van der Waals surface area contributed by atoms with Gasteiger partial charge in [-0.25, -0.2) is 0 Å². The van der Waals surface area contributed by atoms with Crippen molar-refractivity contribution in [2.24, 2.45) is 0 Å². The monoisotopic (exact) mass is 286 g/mol. The predicted molar refractivity (Wildman–Crippen MR) is 66.8 cm³/mol. The summed E-state index contributed by atoms with van der Waals surface area (Å²) in [5, 5.41) is 16.3. The molecule has 1 N–H and O–H groups in total. The van der Waals surface area contributed by atoms with E-state index in [0.717, 1.165) is 31.7 Å². The Balaban J connectivity index is 2.17. The minimum atomic E-state index is -4.37. The lowest BCUT2D eigenvalue weighted by Gasteiger charge is -2.36. The minimum absolute atomic E-state index is 0.168. The highest BCUT2D eigenvalue weighted by Crippen LogP contribution is 2.36. The molecule has 1 fully saturated rings. The van der Waals surface area contributed by atoms with Crippen molar-refractivity contribution in [1.82, 2.24) is 15.1 Å². The van der Waals surface area contributed by atoms with Gasteiger partial charge in [-0.05, 0) is 25.8 Å². The Kier molecular flexibility index (Phi) is 4.04. The van der Waals surface area contributed by atoms with Crippen LogP contribution >= 0.6 is 0 Å². The van der Waals surface area contributed by atoms with Crippen LogP contribution in [0.5, 0.6) is 0 Å². The maximum atomic E-state index is 12.6. The summed E-state index contributed by atoms with van der Waals surface area (Å²) in [4.78, 5) is 0. The van der Waals surface area contributed by atoms with Gasteiger partial charge in [-0.1, -0.05) is 6.92 Å². The van der Waals surface area contributed by atoms with Gasteiger partial charge < -0.3 is 0 Å². The second-order valence-corrected chi connectivity index (χ2v) is 5.18. The van der Waals surface area contributed by atoms with Gasteiger partial charge in [0.25, 0.3) is 0 Å². The lowest BCUT2D eigenvalue weighted by atomic mass is 9.80. The van der Waals surface area contributed by atoms with Crippen LogP contribution in [0.2, 0.25) is 0 Å². The van der Waals surface area contributed by atoms with Crippen LogP contribution < -0.4 is 5.32 Å². The van der Waals surface area contributed by atoms with Gasteiger partial charge in [0.1, 0.15) is 5.54 Å². The Morgan fingerprint density at radius 2 is 2.35 bits per heavy atom. The van der Waals surface area contributed by atoms with E-state index < -0.39 is 17.3 Å². The average molecular weight is 286 g/mol. The second-order valence-electron chi connectivity index (χ2n) is 5.18. The number of rotatable bonds is 3. The second kappa shape index (κ2) is 5.44. The lowest BCUT2D eigenvalue weighted by molar-refractivity contribution is -0.137. The molecule has 1 aromatic rings. The lowest BCUT2D eigenvalue weighted by Crippen LogP contribution is -2.47. The van der Waals surface area contributed by atoms with Crippen LogP contribution in [0.25, 0.3) is 0 Å². The largest absolute Gasteiger partial charge is 0.419 e. The van der Waals surface area contributed by atoms with Gasteiger partial charge in [-0.2, -0.15) is 23.5 Å². The molecule has 4 nitrogen and oxygen atoms in total. The molecule has 110 valence electrons. The molecule has 1 aliphatic rings. The number of nitrogens with zero attached hydrogens (tertiary/aromatic N) is 3. The van der Waals surface area contributed by atoms with E-state index in [0.29, 0.717) is 13.0 Å². The molecule has 2 unspecified atom stereocenters. The fourth-order valence-electron chi connectivity index (χ4n) is 2.80. The number of hydrogen-bond acceptors (Lipinski definition) is 3. The molecule has 0 amide bonds. The van der Waals surface area contributed by atoms with Crippen LogP contribution in [0.1, 0.15) is 44.2 Å². The van der Waals surface area contributed by atoms with Crippen LogP contribution in [0.4, 0.5) is 13.2 Å². The van der Waals surface area contributed by atoms with Crippen LogP contribution in [0.15, 0.2) is 12.4 Å². The number of alkyl halides is 3. The summed E-state index contributed by atoms with van der Waals surface area (Å²) in [6.45, 7) is 2.57. The summed E-state index contributed by atoms with van der Waals surface area (Å²) < 4.78 is 39.1. The third kappa shape index (κ3) is 2.96. The first-order valence-electron chi connectivity index (χ1n) is 6.68. The molecule has 1 heterocycles. The van der Waals surface area contributed by atoms with Crippen molar-refractivity contribution < 1.29 is 13.2 Å². The van der Waals surface area contributed by atoms with Gasteiger partial charge >= 0.3 is 6.18 Å². The zero-order valence-corrected chi connectivity index (χ0v) is 11.2. The molecule has 0 spiro atoms. The summed E-state index contributed by atoms with van der Waals surface area (Å²) in [5.74, 6) is 0. The zero-order valence-electron chi connectivity index (χ0n) is 11.2. The first kappa shape index (κ1) is 14.9. The molecule has 1 aromatic heterocycles. The SMILES string of the molecule is CCNC1(C#N)CCCC(n2cc(C(F)(F)F)cn2)C1. The molecule has 0 radical (unpaired) electrons. The van der Waals surface area contributed by atoms with Crippen molar-refractivity contribution in [2.75, 3.05) is 6.54 Å². The van der Waals surface area contributed by atoms with Gasteiger partial charge in [-0.15, -0.1) is 0 Å². The Morgan fingerprint density at radius 3 is 2.90 bits per heavy atom. The van der Waals surface area contributed by atoms with Crippen LogP contribution in [0.3, 0.4) is 0 Å². The molecule has 1 aliphatic carbocycles. The number of nitrogens with one attached hydrogen (secondary N) is 1. The number of halogens is 3. The van der Waals surface area contributed by atoms with Crippen molar-refractivity contribution in [3.8, 4) is 6.07 Å². The average Bonchev–Trinajstić information content (AvgIpc) is 2.89. The topological polar surface area (TPSA) is 53.6 Å². The quantitative estimate of drug-likeness (QED) is 0.929. The van der Waals surface area contributed by atoms with E-state index in [1.807, 2.05) is 6.92 Å². The highest BCUT2D eigenvalue weighted by molar-refractivity contribution is 5.13. The number of hydrogen-bond donors (Lipinski definition) is 1. The maximum Gasteiger partial charge on any atom is 0.419 e. The van der Waals surface area contributed by atoms with Crippen molar-refractivity contribution in [3.05, 3.63) is 18.0 Å². The molecule has 20 heavy (non-hydrogen) atoms. The molecular weight excluding hydrogens is 269 g/mol. The van der Waals surface area contributed by atoms with E-state index in [1.54, 1.807) is 0 Å². The Morgan fingerprint density at radius 1 is 1.60 bits per heavy atom. The molecular formula is C13H17F3N4. The van der Waals surface area contributed by atoms with E-state index in [1.165, 1.54) is 4.68 Å². The molecule has 0 aliphatic heterocycles. The first-order chi connectivity index (χ1) is 9.40. The van der Waals surface area contributed by atoms with Crippen molar-refractivity contribution in [2.45, 2.75) is 50.4 Å². The van der Waals surface area contributed by atoms with Crippen LogP contribution in [0, 0.1) is 11.3 Å². The van der Waals surface area contributed by atoms with Gasteiger partial charge in [0.15, 0.2) is 0 Å². The van der Waals surface area contributed by atoms with E-state index >= 15 is 0 Å². The van der Waals surface area contributed by atoms with Crippen molar-refractivity contribution in [1.29, 1.82) is 5.26 Å². The third-order valence-electron chi connectivity index (χ3n) is 3.76. The highest BCUT2D eigenvalue weighted by Gasteiger charge is 2.38. The fraction of sp³-hybridized carbons (Fsp3) is 0.692. The van der Waals surface area contributed by atoms with Gasteiger partial charge in [0.05, 0.1) is 23.9 Å². The molecule has 2 atom stereocenters. The standard InChI is InChI=1S/C13H17F3N4/c1-2-18-12(9-17)5-3-4-11(6-12)20-8-10(7-19-20)13(14,15)16/h7-8,11,18H,2-6H2,1H3.